The van der Waals surface area contributed by atoms with Crippen molar-refractivity contribution in [1.82, 2.24) is 15.1 Å². The molecule has 0 aliphatic carbocycles. The van der Waals surface area contributed by atoms with E-state index >= 15 is 0 Å². The van der Waals surface area contributed by atoms with Crippen molar-refractivity contribution in [2.24, 2.45) is 13.0 Å². The van der Waals surface area contributed by atoms with Gasteiger partial charge >= 0.3 is 0 Å². The van der Waals surface area contributed by atoms with Gasteiger partial charge in [-0.1, -0.05) is 13.3 Å². The van der Waals surface area contributed by atoms with Crippen molar-refractivity contribution in [3.63, 3.8) is 0 Å². The Hall–Kier alpha value is -0.350. The van der Waals surface area contributed by atoms with E-state index < -0.39 is 0 Å². The van der Waals surface area contributed by atoms with E-state index in [9.17, 15) is 0 Å². The van der Waals surface area contributed by atoms with E-state index in [2.05, 4.69) is 33.3 Å². The first-order valence-electron chi connectivity index (χ1n) is 5.62. The maximum Gasteiger partial charge on any atom is 0.0635 e. The topological polar surface area (TPSA) is 29.9 Å². The van der Waals surface area contributed by atoms with Crippen LogP contribution in [0.25, 0.3) is 0 Å². The predicted molar refractivity (Wildman–Crippen MR) is 64.9 cm³/mol. The van der Waals surface area contributed by atoms with Crippen molar-refractivity contribution in [2.75, 3.05) is 13.1 Å². The minimum Gasteiger partial charge on any atom is -0.316 e. The molecule has 84 valence electrons. The number of hydrogen-bond donors (Lipinski definition) is 1. The molecule has 0 spiro atoms. The van der Waals surface area contributed by atoms with Crippen LogP contribution in [-0.2, 0) is 7.05 Å². The summed E-state index contributed by atoms with van der Waals surface area (Å²) in [6.45, 7) is 4.53. The van der Waals surface area contributed by atoms with Crippen LogP contribution in [0.4, 0.5) is 0 Å². The largest absolute Gasteiger partial charge is 0.316 e. The number of rotatable bonds is 2. The summed E-state index contributed by atoms with van der Waals surface area (Å²) in [4.78, 5) is 0. The lowest BCUT2D eigenvalue weighted by atomic mass is 9.82. The van der Waals surface area contributed by atoms with Crippen LogP contribution in [0.2, 0.25) is 0 Å². The molecule has 0 saturated carbocycles. The molecule has 1 aromatic heterocycles. The van der Waals surface area contributed by atoms with Gasteiger partial charge < -0.3 is 5.32 Å². The highest BCUT2D eigenvalue weighted by atomic mass is 79.9. The van der Waals surface area contributed by atoms with Crippen LogP contribution in [0, 0.1) is 5.92 Å². The molecule has 1 aliphatic rings. The molecular weight excluding hydrogens is 254 g/mol. The average molecular weight is 272 g/mol. The molecule has 1 aliphatic heterocycles. The molecule has 4 heteroatoms. The lowest BCUT2D eigenvalue weighted by molar-refractivity contribution is 0.306. The number of nitrogens with one attached hydrogen (secondary N) is 1. The average Bonchev–Trinajstić information content (AvgIpc) is 2.59. The number of hydrogen-bond acceptors (Lipinski definition) is 2. The Morgan fingerprint density at radius 3 is 3.07 bits per heavy atom. The highest BCUT2D eigenvalue weighted by molar-refractivity contribution is 9.10. The summed E-state index contributed by atoms with van der Waals surface area (Å²) in [5, 5.41) is 7.78. The maximum absolute atomic E-state index is 4.31. The van der Waals surface area contributed by atoms with Crippen molar-refractivity contribution in [3.05, 3.63) is 16.4 Å². The molecule has 2 atom stereocenters. The fraction of sp³-hybridized carbons (Fsp3) is 0.727. The number of aromatic nitrogens is 2. The standard InChI is InChI=1S/C11H18BrN3/c1-3-8-6-13-5-4-9(8)11-10(12)7-14-15(11)2/h7-9,13H,3-6H2,1-2H3. The summed E-state index contributed by atoms with van der Waals surface area (Å²) in [6, 6.07) is 0. The maximum atomic E-state index is 4.31. The summed E-state index contributed by atoms with van der Waals surface area (Å²) < 4.78 is 3.18. The number of piperidine rings is 1. The Kier molecular flexibility index (Phi) is 3.46. The van der Waals surface area contributed by atoms with E-state index in [-0.39, 0.29) is 0 Å². The van der Waals surface area contributed by atoms with E-state index in [1.807, 2.05) is 17.9 Å². The zero-order valence-electron chi connectivity index (χ0n) is 9.33. The van der Waals surface area contributed by atoms with Crippen LogP contribution >= 0.6 is 15.9 Å². The van der Waals surface area contributed by atoms with E-state index in [1.165, 1.54) is 18.5 Å². The molecule has 1 aromatic rings. The Bertz CT molecular complexity index is 315. The zero-order chi connectivity index (χ0) is 10.8. The van der Waals surface area contributed by atoms with Crippen LogP contribution in [0.3, 0.4) is 0 Å². The smallest absolute Gasteiger partial charge is 0.0635 e. The van der Waals surface area contributed by atoms with E-state index in [0.29, 0.717) is 5.92 Å². The van der Waals surface area contributed by atoms with Crippen LogP contribution in [0.1, 0.15) is 31.4 Å². The third-order valence-corrected chi connectivity index (χ3v) is 4.03. The third-order valence-electron chi connectivity index (χ3n) is 3.42. The predicted octanol–water partition coefficient (Wildman–Crippen LogP) is 2.29. The van der Waals surface area contributed by atoms with Crippen LogP contribution in [-0.4, -0.2) is 22.9 Å². The van der Waals surface area contributed by atoms with Crippen molar-refractivity contribution >= 4 is 15.9 Å². The van der Waals surface area contributed by atoms with Crippen LogP contribution < -0.4 is 5.32 Å². The summed E-state index contributed by atoms with van der Waals surface area (Å²) in [5.74, 6) is 1.39. The van der Waals surface area contributed by atoms with Gasteiger partial charge in [-0.25, -0.2) is 0 Å². The van der Waals surface area contributed by atoms with E-state index in [0.717, 1.165) is 23.5 Å². The monoisotopic (exact) mass is 271 g/mol. The van der Waals surface area contributed by atoms with E-state index in [4.69, 9.17) is 0 Å². The molecule has 15 heavy (non-hydrogen) atoms. The second-order valence-electron chi connectivity index (χ2n) is 4.27. The molecule has 3 nitrogen and oxygen atoms in total. The van der Waals surface area contributed by atoms with Gasteiger partial charge in [0.1, 0.15) is 0 Å². The lowest BCUT2D eigenvalue weighted by Crippen LogP contribution is -2.35. The minimum atomic E-state index is 0.651. The van der Waals surface area contributed by atoms with Gasteiger partial charge in [0.25, 0.3) is 0 Å². The molecular formula is C11H18BrN3. The number of nitrogens with zero attached hydrogens (tertiary/aromatic N) is 2. The third kappa shape index (κ3) is 2.11. The quantitative estimate of drug-likeness (QED) is 0.895. The molecule has 0 radical (unpaired) electrons. The van der Waals surface area contributed by atoms with Gasteiger partial charge in [0.05, 0.1) is 16.4 Å². The Balaban J connectivity index is 2.27. The molecule has 2 unspecified atom stereocenters. The molecule has 1 N–H and O–H groups in total. The molecule has 2 heterocycles. The first kappa shape index (κ1) is 11.1. The van der Waals surface area contributed by atoms with Gasteiger partial charge in [0.2, 0.25) is 0 Å². The zero-order valence-corrected chi connectivity index (χ0v) is 10.9. The summed E-state index contributed by atoms with van der Waals surface area (Å²) in [6.07, 6.45) is 4.36. The molecule has 1 saturated heterocycles. The Labute approximate surface area is 99.4 Å². The number of aryl methyl sites for hydroxylation is 1. The molecule has 0 aromatic carbocycles. The highest BCUT2D eigenvalue weighted by Crippen LogP contribution is 2.35. The Morgan fingerprint density at radius 2 is 2.47 bits per heavy atom. The fourth-order valence-electron chi connectivity index (χ4n) is 2.55. The molecule has 0 bridgehead atoms. The van der Waals surface area contributed by atoms with Crippen LogP contribution in [0.5, 0.6) is 0 Å². The van der Waals surface area contributed by atoms with Crippen molar-refractivity contribution in [1.29, 1.82) is 0 Å². The second kappa shape index (κ2) is 4.66. The fourth-order valence-corrected chi connectivity index (χ4v) is 3.19. The highest BCUT2D eigenvalue weighted by Gasteiger charge is 2.28. The van der Waals surface area contributed by atoms with Gasteiger partial charge in [-0.2, -0.15) is 5.10 Å². The van der Waals surface area contributed by atoms with Crippen LogP contribution in [0.15, 0.2) is 10.7 Å². The van der Waals surface area contributed by atoms with E-state index in [1.54, 1.807) is 0 Å². The van der Waals surface area contributed by atoms with Gasteiger partial charge in [0.15, 0.2) is 0 Å². The SMILES string of the molecule is CCC1CNCCC1c1c(Br)cnn1C. The van der Waals surface area contributed by atoms with Crippen molar-refractivity contribution in [2.45, 2.75) is 25.7 Å². The summed E-state index contributed by atoms with van der Waals surface area (Å²) in [5.41, 5.74) is 1.36. The summed E-state index contributed by atoms with van der Waals surface area (Å²) in [7, 11) is 2.04. The van der Waals surface area contributed by atoms with Gasteiger partial charge in [-0.3, -0.25) is 4.68 Å². The van der Waals surface area contributed by atoms with Gasteiger partial charge in [-0.15, -0.1) is 0 Å². The first-order chi connectivity index (χ1) is 7.24. The van der Waals surface area contributed by atoms with Gasteiger partial charge in [-0.05, 0) is 41.4 Å². The molecule has 2 rings (SSSR count). The van der Waals surface area contributed by atoms with Gasteiger partial charge in [0, 0.05) is 13.0 Å². The minimum absolute atomic E-state index is 0.651. The summed E-state index contributed by atoms with van der Waals surface area (Å²) >= 11 is 3.61. The first-order valence-corrected chi connectivity index (χ1v) is 6.41. The van der Waals surface area contributed by atoms with Crippen molar-refractivity contribution in [3.8, 4) is 0 Å². The molecule has 1 fully saturated rings. The van der Waals surface area contributed by atoms with Crippen molar-refractivity contribution < 1.29 is 0 Å². The lowest BCUT2D eigenvalue weighted by Gasteiger charge is -2.31. The molecule has 0 amide bonds. The number of halogens is 1. The normalized spacial score (nSPS) is 26.9. The Morgan fingerprint density at radius 1 is 1.67 bits per heavy atom. The second-order valence-corrected chi connectivity index (χ2v) is 5.12.